The number of hydrogen-bond donors (Lipinski definition) is 3. The number of rotatable bonds is 10. The van der Waals surface area contributed by atoms with Crippen LogP contribution >= 0.6 is 11.8 Å². The second kappa shape index (κ2) is 14.9. The molecule has 7 heteroatoms. The molecule has 5 aromatic carbocycles. The van der Waals surface area contributed by atoms with Gasteiger partial charge in [-0.1, -0.05) is 102 Å². The van der Waals surface area contributed by atoms with Gasteiger partial charge in [0, 0.05) is 21.8 Å². The lowest BCUT2D eigenvalue weighted by Crippen LogP contribution is -2.30. The van der Waals surface area contributed by atoms with Crippen molar-refractivity contribution in [1.82, 2.24) is 5.32 Å². The predicted molar refractivity (Wildman–Crippen MR) is 183 cm³/mol. The SMILES string of the molecule is Cc1ccc(NC(=O)C(Sc2cccc(NC(=O)/C(=C\c3cccc(C)c3)NC(=O)c3ccccc3)c2)c2ccccc2)cc1. The molecule has 0 heterocycles. The van der Waals surface area contributed by atoms with Gasteiger partial charge < -0.3 is 16.0 Å². The van der Waals surface area contributed by atoms with Gasteiger partial charge in [-0.15, -0.1) is 11.8 Å². The highest BCUT2D eigenvalue weighted by molar-refractivity contribution is 8.00. The van der Waals surface area contributed by atoms with Crippen LogP contribution in [-0.4, -0.2) is 17.7 Å². The Bertz CT molecular complexity index is 1820. The Hall–Kier alpha value is -5.40. The minimum absolute atomic E-state index is 0.104. The fourth-order valence-corrected chi connectivity index (χ4v) is 5.68. The third-order valence-corrected chi connectivity index (χ3v) is 8.14. The molecule has 1 unspecified atom stereocenters. The van der Waals surface area contributed by atoms with E-state index in [-0.39, 0.29) is 17.5 Å². The summed E-state index contributed by atoms with van der Waals surface area (Å²) in [4.78, 5) is 40.9. The summed E-state index contributed by atoms with van der Waals surface area (Å²) in [6.07, 6.45) is 1.66. The van der Waals surface area contributed by atoms with E-state index in [2.05, 4.69) is 16.0 Å². The van der Waals surface area contributed by atoms with Crippen LogP contribution in [0.15, 0.2) is 144 Å². The molecule has 6 nitrogen and oxygen atoms in total. The number of amides is 3. The van der Waals surface area contributed by atoms with Crippen LogP contribution in [0.3, 0.4) is 0 Å². The Kier molecular flexibility index (Phi) is 10.2. The van der Waals surface area contributed by atoms with Gasteiger partial charge in [-0.3, -0.25) is 14.4 Å². The largest absolute Gasteiger partial charge is 0.325 e. The van der Waals surface area contributed by atoms with Crippen LogP contribution in [-0.2, 0) is 9.59 Å². The monoisotopic (exact) mass is 611 g/mol. The van der Waals surface area contributed by atoms with Crippen molar-refractivity contribution in [1.29, 1.82) is 0 Å². The van der Waals surface area contributed by atoms with Gasteiger partial charge in [0.1, 0.15) is 10.9 Å². The Morgan fingerprint density at radius 3 is 2.04 bits per heavy atom. The topological polar surface area (TPSA) is 87.3 Å². The Morgan fingerprint density at radius 1 is 0.644 bits per heavy atom. The van der Waals surface area contributed by atoms with Crippen molar-refractivity contribution in [3.8, 4) is 0 Å². The lowest BCUT2D eigenvalue weighted by atomic mass is 10.1. The first-order valence-electron chi connectivity index (χ1n) is 14.5. The molecule has 0 aromatic heterocycles. The number of nitrogens with one attached hydrogen (secondary N) is 3. The first-order valence-corrected chi connectivity index (χ1v) is 15.4. The highest BCUT2D eigenvalue weighted by atomic mass is 32.2. The third-order valence-electron chi connectivity index (χ3n) is 6.89. The maximum Gasteiger partial charge on any atom is 0.272 e. The van der Waals surface area contributed by atoms with Crippen LogP contribution in [0.5, 0.6) is 0 Å². The van der Waals surface area contributed by atoms with Gasteiger partial charge in [0.05, 0.1) is 0 Å². The van der Waals surface area contributed by atoms with Crippen molar-refractivity contribution < 1.29 is 14.4 Å². The van der Waals surface area contributed by atoms with Gasteiger partial charge >= 0.3 is 0 Å². The van der Waals surface area contributed by atoms with E-state index < -0.39 is 11.2 Å². The van der Waals surface area contributed by atoms with Gasteiger partial charge in [0.25, 0.3) is 11.8 Å². The van der Waals surface area contributed by atoms with Gasteiger partial charge in [-0.25, -0.2) is 0 Å². The second-order valence-electron chi connectivity index (χ2n) is 10.5. The Labute approximate surface area is 267 Å². The molecule has 5 aromatic rings. The van der Waals surface area contributed by atoms with Crippen molar-refractivity contribution in [3.05, 3.63) is 167 Å². The summed E-state index contributed by atoms with van der Waals surface area (Å²) >= 11 is 1.39. The Balaban J connectivity index is 1.37. The normalized spacial score (nSPS) is 11.7. The summed E-state index contributed by atoms with van der Waals surface area (Å²) < 4.78 is 0. The minimum Gasteiger partial charge on any atom is -0.325 e. The number of carbonyl (C=O) groups excluding carboxylic acids is 3. The predicted octanol–water partition coefficient (Wildman–Crippen LogP) is 8.19. The summed E-state index contributed by atoms with van der Waals surface area (Å²) in [5.41, 5.74) is 5.57. The standard InChI is InChI=1S/C38H33N3O3S/c1-26-19-21-31(22-20-26)39-38(44)35(29-13-5-3-6-14-29)45-33-18-10-17-32(25-33)40-37(43)34(24-28-12-9-11-27(2)23-28)41-36(42)30-15-7-4-8-16-30/h3-25,35H,1-2H3,(H,39,44)(H,40,43)(H,41,42)/b34-24+. The van der Waals surface area contributed by atoms with E-state index in [1.54, 1.807) is 36.4 Å². The van der Waals surface area contributed by atoms with Crippen LogP contribution < -0.4 is 16.0 Å². The molecule has 0 aliphatic rings. The molecule has 3 N–H and O–H groups in total. The molecule has 0 bridgehead atoms. The molecule has 0 aliphatic carbocycles. The molecule has 5 rings (SSSR count). The van der Waals surface area contributed by atoms with Gasteiger partial charge in [-0.05, 0) is 73.5 Å². The Morgan fingerprint density at radius 2 is 1.33 bits per heavy atom. The van der Waals surface area contributed by atoms with E-state index in [1.165, 1.54) is 11.8 Å². The van der Waals surface area contributed by atoms with E-state index in [0.29, 0.717) is 11.3 Å². The van der Waals surface area contributed by atoms with E-state index >= 15 is 0 Å². The van der Waals surface area contributed by atoms with Crippen molar-refractivity contribution in [2.45, 2.75) is 24.0 Å². The number of hydrogen-bond acceptors (Lipinski definition) is 4. The van der Waals surface area contributed by atoms with Crippen molar-refractivity contribution in [2.24, 2.45) is 0 Å². The molecule has 0 saturated heterocycles. The summed E-state index contributed by atoms with van der Waals surface area (Å²) in [6, 6.07) is 41.0. The summed E-state index contributed by atoms with van der Waals surface area (Å²) in [7, 11) is 0. The fourth-order valence-electron chi connectivity index (χ4n) is 4.60. The van der Waals surface area contributed by atoms with Crippen LogP contribution in [0.2, 0.25) is 0 Å². The molecule has 45 heavy (non-hydrogen) atoms. The van der Waals surface area contributed by atoms with E-state index in [1.807, 2.05) is 117 Å². The smallest absolute Gasteiger partial charge is 0.272 e. The van der Waals surface area contributed by atoms with E-state index in [4.69, 9.17) is 0 Å². The zero-order valence-corrected chi connectivity index (χ0v) is 25.8. The summed E-state index contributed by atoms with van der Waals surface area (Å²) in [5, 5.41) is 8.20. The molecule has 0 aliphatic heterocycles. The molecular formula is C38H33N3O3S. The van der Waals surface area contributed by atoms with E-state index in [0.717, 1.165) is 32.8 Å². The quantitative estimate of drug-likeness (QED) is 0.110. The molecule has 0 saturated carbocycles. The third kappa shape index (κ3) is 8.81. The summed E-state index contributed by atoms with van der Waals surface area (Å²) in [6.45, 7) is 3.96. The average Bonchev–Trinajstić information content (AvgIpc) is 3.05. The number of carbonyl (C=O) groups is 3. The molecule has 0 radical (unpaired) electrons. The number of aryl methyl sites for hydroxylation is 2. The zero-order chi connectivity index (χ0) is 31.6. The molecule has 0 spiro atoms. The van der Waals surface area contributed by atoms with Crippen LogP contribution in [0.1, 0.15) is 37.9 Å². The molecule has 224 valence electrons. The number of benzene rings is 5. The van der Waals surface area contributed by atoms with Crippen LogP contribution in [0.25, 0.3) is 6.08 Å². The van der Waals surface area contributed by atoms with Gasteiger partial charge in [-0.2, -0.15) is 0 Å². The second-order valence-corrected chi connectivity index (χ2v) is 11.7. The minimum atomic E-state index is -0.541. The van der Waals surface area contributed by atoms with Crippen LogP contribution in [0, 0.1) is 13.8 Å². The summed E-state index contributed by atoms with van der Waals surface area (Å²) in [5.74, 6) is -1.02. The van der Waals surface area contributed by atoms with Gasteiger partial charge in [0.15, 0.2) is 0 Å². The first-order chi connectivity index (χ1) is 21.8. The van der Waals surface area contributed by atoms with Crippen molar-refractivity contribution >= 4 is 46.9 Å². The average molecular weight is 612 g/mol. The first kappa shape index (κ1) is 31.0. The van der Waals surface area contributed by atoms with Gasteiger partial charge in [0.2, 0.25) is 5.91 Å². The fraction of sp³-hybridized carbons (Fsp3) is 0.0789. The maximum atomic E-state index is 13.6. The highest BCUT2D eigenvalue weighted by Gasteiger charge is 2.23. The maximum absolute atomic E-state index is 13.6. The van der Waals surface area contributed by atoms with Crippen LogP contribution in [0.4, 0.5) is 11.4 Å². The van der Waals surface area contributed by atoms with Crippen molar-refractivity contribution in [3.63, 3.8) is 0 Å². The van der Waals surface area contributed by atoms with E-state index in [9.17, 15) is 14.4 Å². The molecular weight excluding hydrogens is 579 g/mol. The lowest BCUT2D eigenvalue weighted by Gasteiger charge is -2.18. The number of anilines is 2. The molecule has 0 fully saturated rings. The molecule has 1 atom stereocenters. The highest BCUT2D eigenvalue weighted by Crippen LogP contribution is 2.37. The molecule has 3 amide bonds. The zero-order valence-electron chi connectivity index (χ0n) is 25.0. The lowest BCUT2D eigenvalue weighted by molar-refractivity contribution is -0.116. The number of thioether (sulfide) groups is 1. The van der Waals surface area contributed by atoms with Crippen molar-refractivity contribution in [2.75, 3.05) is 10.6 Å².